The minimum Gasteiger partial charge on any atom is -0.383 e. The van der Waals surface area contributed by atoms with Crippen molar-refractivity contribution in [1.82, 2.24) is 14.8 Å². The van der Waals surface area contributed by atoms with Crippen LogP contribution in [0.25, 0.3) is 11.4 Å². The molecule has 0 aliphatic rings. The molecule has 2 rings (SSSR count). The molecule has 1 aromatic carbocycles. The minimum atomic E-state index is -3.94. The maximum absolute atomic E-state index is 11.6. The van der Waals surface area contributed by atoms with Crippen molar-refractivity contribution >= 4 is 10.0 Å². The molecule has 0 amide bonds. The fourth-order valence-corrected chi connectivity index (χ4v) is 2.70. The number of aromatic nitrogens is 3. The molecular formula is C13H18N4O3S. The van der Waals surface area contributed by atoms with Crippen molar-refractivity contribution in [1.29, 1.82) is 0 Å². The Morgan fingerprint density at radius 3 is 2.62 bits per heavy atom. The first-order valence-electron chi connectivity index (χ1n) is 6.37. The van der Waals surface area contributed by atoms with Crippen molar-refractivity contribution in [2.24, 2.45) is 5.14 Å². The molecule has 21 heavy (non-hydrogen) atoms. The van der Waals surface area contributed by atoms with E-state index in [1.807, 2.05) is 32.0 Å². The number of nitrogens with zero attached hydrogens (tertiary/aromatic N) is 3. The second kappa shape index (κ2) is 5.92. The van der Waals surface area contributed by atoms with Crippen LogP contribution in [-0.2, 0) is 21.3 Å². The lowest BCUT2D eigenvalue weighted by molar-refractivity contribution is 0.185. The van der Waals surface area contributed by atoms with E-state index >= 15 is 0 Å². The minimum absolute atomic E-state index is 0.254. The highest BCUT2D eigenvalue weighted by Gasteiger charge is 2.22. The van der Waals surface area contributed by atoms with E-state index in [4.69, 9.17) is 9.88 Å². The molecule has 8 heteroatoms. The first-order valence-corrected chi connectivity index (χ1v) is 7.92. The summed E-state index contributed by atoms with van der Waals surface area (Å²) in [5.74, 6) is 0.470. The van der Waals surface area contributed by atoms with Gasteiger partial charge in [0, 0.05) is 12.7 Å². The molecule has 0 aliphatic heterocycles. The molecule has 114 valence electrons. The second-order valence-electron chi connectivity index (χ2n) is 4.81. The number of benzene rings is 1. The fourth-order valence-electron chi connectivity index (χ4n) is 2.06. The number of aryl methyl sites for hydroxylation is 2. The van der Waals surface area contributed by atoms with Gasteiger partial charge in [-0.2, -0.15) is 0 Å². The van der Waals surface area contributed by atoms with E-state index in [9.17, 15) is 8.42 Å². The van der Waals surface area contributed by atoms with Gasteiger partial charge >= 0.3 is 0 Å². The lowest BCUT2D eigenvalue weighted by atomic mass is 10.1. The molecule has 0 saturated heterocycles. The van der Waals surface area contributed by atoms with Gasteiger partial charge in [-0.15, -0.1) is 10.2 Å². The van der Waals surface area contributed by atoms with Crippen LogP contribution in [0.4, 0.5) is 0 Å². The number of primary sulfonamides is 1. The molecule has 0 unspecified atom stereocenters. The molecule has 0 radical (unpaired) electrons. The number of methoxy groups -OCH3 is 1. The number of ether oxygens (including phenoxy) is 1. The molecule has 1 aromatic heterocycles. The highest BCUT2D eigenvalue weighted by Crippen LogP contribution is 2.24. The highest BCUT2D eigenvalue weighted by molar-refractivity contribution is 7.89. The summed E-state index contributed by atoms with van der Waals surface area (Å²) in [6.07, 6.45) is 0. The van der Waals surface area contributed by atoms with Crippen molar-refractivity contribution in [3.63, 3.8) is 0 Å². The monoisotopic (exact) mass is 310 g/mol. The van der Waals surface area contributed by atoms with E-state index < -0.39 is 10.0 Å². The van der Waals surface area contributed by atoms with Crippen LogP contribution in [0.5, 0.6) is 0 Å². The topological polar surface area (TPSA) is 100 Å². The summed E-state index contributed by atoms with van der Waals surface area (Å²) < 4.78 is 29.7. The molecule has 2 N–H and O–H groups in total. The summed E-state index contributed by atoms with van der Waals surface area (Å²) in [5, 5.41) is 12.7. The molecule has 1 heterocycles. The van der Waals surface area contributed by atoms with Crippen molar-refractivity contribution < 1.29 is 13.2 Å². The number of rotatable bonds is 5. The van der Waals surface area contributed by atoms with Gasteiger partial charge in [0.2, 0.25) is 0 Å². The van der Waals surface area contributed by atoms with E-state index in [-0.39, 0.29) is 5.16 Å². The highest BCUT2D eigenvalue weighted by atomic mass is 32.2. The van der Waals surface area contributed by atoms with Crippen LogP contribution in [0.15, 0.2) is 23.4 Å². The van der Waals surface area contributed by atoms with E-state index in [0.717, 1.165) is 16.7 Å². The van der Waals surface area contributed by atoms with Crippen molar-refractivity contribution in [3.8, 4) is 11.4 Å². The van der Waals surface area contributed by atoms with Gasteiger partial charge < -0.3 is 4.74 Å². The van der Waals surface area contributed by atoms with Gasteiger partial charge in [0.1, 0.15) is 0 Å². The Morgan fingerprint density at radius 1 is 1.29 bits per heavy atom. The van der Waals surface area contributed by atoms with Crippen LogP contribution >= 0.6 is 0 Å². The number of nitrogens with two attached hydrogens (primary N) is 1. The standard InChI is InChI=1S/C13H18N4O3S/c1-9-4-5-10(2)11(8-9)12-15-16-13(21(14,18)19)17(12)6-7-20-3/h4-5,8H,6-7H2,1-3H3,(H2,14,18,19). The summed E-state index contributed by atoms with van der Waals surface area (Å²) in [6.45, 7) is 4.52. The average molecular weight is 310 g/mol. The Bertz CT molecular complexity index is 753. The molecule has 0 spiro atoms. The first kappa shape index (κ1) is 15.6. The first-order chi connectivity index (χ1) is 9.84. The molecule has 0 saturated carbocycles. The lowest BCUT2D eigenvalue weighted by Crippen LogP contribution is -2.20. The predicted octanol–water partition coefficient (Wildman–Crippen LogP) is 0.856. The van der Waals surface area contributed by atoms with Crippen LogP contribution in [0.1, 0.15) is 11.1 Å². The van der Waals surface area contributed by atoms with E-state index in [0.29, 0.717) is 19.0 Å². The van der Waals surface area contributed by atoms with Gasteiger partial charge in [0.25, 0.3) is 15.2 Å². The Morgan fingerprint density at radius 2 is 2.00 bits per heavy atom. The molecule has 0 bridgehead atoms. The Labute approximate surface area is 123 Å². The van der Waals surface area contributed by atoms with Crippen LogP contribution in [0.2, 0.25) is 0 Å². The summed E-state index contributed by atoms with van der Waals surface area (Å²) >= 11 is 0. The van der Waals surface area contributed by atoms with Crippen LogP contribution in [0, 0.1) is 13.8 Å². The third kappa shape index (κ3) is 3.29. The third-order valence-electron chi connectivity index (χ3n) is 3.12. The maximum atomic E-state index is 11.6. The number of hydrogen-bond donors (Lipinski definition) is 1. The van der Waals surface area contributed by atoms with Gasteiger partial charge in [-0.25, -0.2) is 13.6 Å². The van der Waals surface area contributed by atoms with Gasteiger partial charge in [-0.3, -0.25) is 4.57 Å². The van der Waals surface area contributed by atoms with Gasteiger partial charge in [0.05, 0.1) is 13.2 Å². The van der Waals surface area contributed by atoms with Crippen LogP contribution in [-0.4, -0.2) is 36.9 Å². The zero-order valence-corrected chi connectivity index (χ0v) is 13.0. The van der Waals surface area contributed by atoms with Gasteiger partial charge in [0.15, 0.2) is 5.82 Å². The summed E-state index contributed by atoms with van der Waals surface area (Å²) in [7, 11) is -2.40. The normalized spacial score (nSPS) is 11.8. The lowest BCUT2D eigenvalue weighted by Gasteiger charge is -2.11. The Kier molecular flexibility index (Phi) is 4.40. The Hall–Kier alpha value is -1.77. The summed E-state index contributed by atoms with van der Waals surface area (Å²) in [5.41, 5.74) is 2.86. The largest absolute Gasteiger partial charge is 0.383 e. The third-order valence-corrected chi connectivity index (χ3v) is 3.94. The van der Waals surface area contributed by atoms with Crippen molar-refractivity contribution in [3.05, 3.63) is 29.3 Å². The molecule has 2 aromatic rings. The molecule has 7 nitrogen and oxygen atoms in total. The zero-order chi connectivity index (χ0) is 15.6. The van der Waals surface area contributed by atoms with E-state index in [1.54, 1.807) is 7.11 Å². The quantitative estimate of drug-likeness (QED) is 0.882. The second-order valence-corrected chi connectivity index (χ2v) is 6.27. The zero-order valence-electron chi connectivity index (χ0n) is 12.2. The SMILES string of the molecule is COCCn1c(-c2cc(C)ccc2C)nnc1S(N)(=O)=O. The van der Waals surface area contributed by atoms with Crippen molar-refractivity contribution in [2.75, 3.05) is 13.7 Å². The summed E-state index contributed by atoms with van der Waals surface area (Å²) in [4.78, 5) is 0. The predicted molar refractivity (Wildman–Crippen MR) is 78.2 cm³/mol. The molecule has 0 aliphatic carbocycles. The summed E-state index contributed by atoms with van der Waals surface area (Å²) in [6, 6.07) is 5.88. The fraction of sp³-hybridized carbons (Fsp3) is 0.385. The molecular weight excluding hydrogens is 292 g/mol. The molecule has 0 atom stereocenters. The van der Waals surface area contributed by atoms with Gasteiger partial charge in [-0.05, 0) is 25.5 Å². The van der Waals surface area contributed by atoms with Crippen LogP contribution in [0.3, 0.4) is 0 Å². The maximum Gasteiger partial charge on any atom is 0.273 e. The number of hydrogen-bond acceptors (Lipinski definition) is 5. The van der Waals surface area contributed by atoms with Crippen molar-refractivity contribution in [2.45, 2.75) is 25.5 Å². The number of sulfonamides is 1. The smallest absolute Gasteiger partial charge is 0.273 e. The van der Waals surface area contributed by atoms with Gasteiger partial charge in [-0.1, -0.05) is 17.7 Å². The molecule has 0 fully saturated rings. The van der Waals surface area contributed by atoms with E-state index in [1.165, 1.54) is 4.57 Å². The average Bonchev–Trinajstić information content (AvgIpc) is 2.82. The van der Waals surface area contributed by atoms with E-state index in [2.05, 4.69) is 10.2 Å². The Balaban J connectivity index is 2.63. The van der Waals surface area contributed by atoms with Crippen LogP contribution < -0.4 is 5.14 Å².